The van der Waals surface area contributed by atoms with Gasteiger partial charge in [0.1, 0.15) is 4.33 Å². The molecule has 0 radical (unpaired) electrons. The van der Waals surface area contributed by atoms with Crippen LogP contribution in [-0.4, -0.2) is 24.1 Å². The highest BCUT2D eigenvalue weighted by molar-refractivity contribution is 6.50. The molecule has 8 heteroatoms. The topological polar surface area (TPSA) is 47.6 Å². The zero-order chi connectivity index (χ0) is 14.9. The van der Waals surface area contributed by atoms with Crippen LogP contribution < -0.4 is 10.1 Å². The first-order chi connectivity index (χ1) is 9.33. The normalized spacial score (nSPS) is 19.4. The van der Waals surface area contributed by atoms with Crippen LogP contribution in [-0.2, 0) is 4.74 Å². The molecule has 20 heavy (non-hydrogen) atoms. The molecule has 1 atom stereocenters. The average Bonchev–Trinajstić information content (AvgIpc) is 2.95. The molecular formula is C12H11Cl4NO3. The first-order valence-corrected chi connectivity index (χ1v) is 7.19. The second-order valence-corrected chi connectivity index (χ2v) is 6.72. The predicted octanol–water partition coefficient (Wildman–Crippen LogP) is 4.74. The number of alkyl halides is 2. The molecule has 1 aromatic rings. The van der Waals surface area contributed by atoms with Crippen LogP contribution in [0, 0.1) is 5.92 Å². The molecular weight excluding hydrogens is 348 g/mol. The van der Waals surface area contributed by atoms with Gasteiger partial charge >= 0.3 is 6.09 Å². The van der Waals surface area contributed by atoms with Crippen molar-refractivity contribution in [3.05, 3.63) is 22.2 Å². The Morgan fingerprint density at radius 3 is 2.40 bits per heavy atom. The van der Waals surface area contributed by atoms with Gasteiger partial charge in [-0.15, -0.1) is 23.2 Å². The summed E-state index contributed by atoms with van der Waals surface area (Å²) in [5.41, 5.74) is 0.412. The van der Waals surface area contributed by atoms with Crippen molar-refractivity contribution in [3.8, 4) is 5.75 Å². The van der Waals surface area contributed by atoms with Gasteiger partial charge in [0.15, 0.2) is 5.75 Å². The van der Waals surface area contributed by atoms with E-state index in [1.165, 1.54) is 19.2 Å². The Balaban J connectivity index is 2.05. The minimum atomic E-state index is -0.717. The van der Waals surface area contributed by atoms with E-state index in [1.54, 1.807) is 0 Å². The first-order valence-electron chi connectivity index (χ1n) is 5.68. The second kappa shape index (κ2) is 6.06. The zero-order valence-electron chi connectivity index (χ0n) is 10.4. The Hall–Kier alpha value is -0.550. The number of hydrogen-bond acceptors (Lipinski definition) is 3. The lowest BCUT2D eigenvalue weighted by atomic mass is 10.3. The number of benzene rings is 1. The molecule has 2 rings (SSSR count). The highest BCUT2D eigenvalue weighted by Crippen LogP contribution is 2.53. The summed E-state index contributed by atoms with van der Waals surface area (Å²) in [6, 6.07) is 3.03. The highest BCUT2D eigenvalue weighted by Gasteiger charge is 2.52. The van der Waals surface area contributed by atoms with Crippen LogP contribution in [0.3, 0.4) is 0 Å². The lowest BCUT2D eigenvalue weighted by Crippen LogP contribution is -2.11. The number of hydrogen-bond donors (Lipinski definition) is 1. The lowest BCUT2D eigenvalue weighted by molar-refractivity contribution is 0.187. The Morgan fingerprint density at radius 2 is 1.95 bits per heavy atom. The monoisotopic (exact) mass is 357 g/mol. The van der Waals surface area contributed by atoms with Gasteiger partial charge in [0.25, 0.3) is 0 Å². The molecule has 0 aliphatic heterocycles. The summed E-state index contributed by atoms with van der Waals surface area (Å²) in [6.07, 6.45) is 0.0608. The molecule has 1 amide bonds. The van der Waals surface area contributed by atoms with Crippen LogP contribution in [0.25, 0.3) is 0 Å². The van der Waals surface area contributed by atoms with E-state index in [0.717, 1.165) is 0 Å². The summed E-state index contributed by atoms with van der Waals surface area (Å²) in [5.74, 6) is 0.394. The molecule has 1 aromatic carbocycles. The number of carbonyl (C=O) groups is 1. The van der Waals surface area contributed by atoms with Crippen LogP contribution >= 0.6 is 46.4 Å². The van der Waals surface area contributed by atoms with Crippen LogP contribution in [0.15, 0.2) is 12.1 Å². The van der Waals surface area contributed by atoms with Gasteiger partial charge in [0.05, 0.1) is 23.8 Å². The standard InChI is InChI=1S/C12H11Cl4NO3/c1-19-11(18)17-7-2-8(13)10(9(14)3-7)20-5-6-4-12(6,15)16/h2-3,6H,4-5H2,1H3,(H,17,18). The lowest BCUT2D eigenvalue weighted by Gasteiger charge is -2.12. The van der Waals surface area contributed by atoms with Gasteiger partial charge in [-0.2, -0.15) is 0 Å². The van der Waals surface area contributed by atoms with E-state index < -0.39 is 10.4 Å². The number of methoxy groups -OCH3 is 1. The van der Waals surface area contributed by atoms with Gasteiger partial charge in [-0.1, -0.05) is 23.2 Å². The summed E-state index contributed by atoms with van der Waals surface area (Å²) in [5, 5.41) is 3.02. The predicted molar refractivity (Wildman–Crippen MR) is 80.5 cm³/mol. The molecule has 0 spiro atoms. The van der Waals surface area contributed by atoms with E-state index in [2.05, 4.69) is 10.1 Å². The highest BCUT2D eigenvalue weighted by atomic mass is 35.5. The van der Waals surface area contributed by atoms with Crippen LogP contribution in [0.1, 0.15) is 6.42 Å². The number of carbonyl (C=O) groups excluding carboxylic acids is 1. The van der Waals surface area contributed by atoms with Gasteiger partial charge in [0.2, 0.25) is 0 Å². The van der Waals surface area contributed by atoms with Gasteiger partial charge in [-0.25, -0.2) is 4.79 Å². The van der Waals surface area contributed by atoms with E-state index in [1.807, 2.05) is 0 Å². The number of anilines is 1. The van der Waals surface area contributed by atoms with E-state index in [4.69, 9.17) is 51.1 Å². The number of halogens is 4. The summed E-state index contributed by atoms with van der Waals surface area (Å²) >= 11 is 24.0. The minimum Gasteiger partial charge on any atom is -0.490 e. The molecule has 1 fully saturated rings. The fraction of sp³-hybridized carbons (Fsp3) is 0.417. The largest absolute Gasteiger partial charge is 0.490 e. The van der Waals surface area contributed by atoms with E-state index in [0.29, 0.717) is 24.5 Å². The molecule has 0 heterocycles. The third kappa shape index (κ3) is 3.76. The van der Waals surface area contributed by atoms with Crippen molar-refractivity contribution >= 4 is 58.2 Å². The van der Waals surface area contributed by atoms with Gasteiger partial charge in [-0.3, -0.25) is 5.32 Å². The van der Waals surface area contributed by atoms with Crippen molar-refractivity contribution < 1.29 is 14.3 Å². The number of amides is 1. The average molecular weight is 359 g/mol. The molecule has 0 saturated heterocycles. The van der Waals surface area contributed by atoms with Crippen molar-refractivity contribution in [2.24, 2.45) is 5.92 Å². The SMILES string of the molecule is COC(=O)Nc1cc(Cl)c(OCC2CC2(Cl)Cl)c(Cl)c1. The van der Waals surface area contributed by atoms with Gasteiger partial charge < -0.3 is 9.47 Å². The first kappa shape index (κ1) is 15.8. The van der Waals surface area contributed by atoms with Crippen LogP contribution in [0.5, 0.6) is 5.75 Å². The van der Waals surface area contributed by atoms with Crippen molar-refractivity contribution in [3.63, 3.8) is 0 Å². The van der Waals surface area contributed by atoms with Crippen molar-refractivity contribution in [2.75, 3.05) is 19.0 Å². The maximum Gasteiger partial charge on any atom is 0.411 e. The molecule has 1 aliphatic carbocycles. The van der Waals surface area contributed by atoms with Gasteiger partial charge in [-0.05, 0) is 18.6 Å². The fourth-order valence-corrected chi connectivity index (χ4v) is 2.67. The number of ether oxygens (including phenoxy) is 2. The molecule has 1 N–H and O–H groups in total. The molecule has 4 nitrogen and oxygen atoms in total. The Morgan fingerprint density at radius 1 is 1.40 bits per heavy atom. The van der Waals surface area contributed by atoms with Crippen LogP contribution in [0.2, 0.25) is 10.0 Å². The third-order valence-electron chi connectivity index (χ3n) is 2.81. The molecule has 1 saturated carbocycles. The van der Waals surface area contributed by atoms with Gasteiger partial charge in [0, 0.05) is 11.6 Å². The Kier molecular flexibility index (Phi) is 4.80. The smallest absolute Gasteiger partial charge is 0.411 e. The summed E-state index contributed by atoms with van der Waals surface area (Å²) < 4.78 is 9.30. The summed E-state index contributed by atoms with van der Waals surface area (Å²) in [6.45, 7) is 0.330. The minimum absolute atomic E-state index is 0.0610. The molecule has 0 bridgehead atoms. The quantitative estimate of drug-likeness (QED) is 0.790. The Labute approximate surface area is 136 Å². The molecule has 1 aliphatic rings. The summed E-state index contributed by atoms with van der Waals surface area (Å²) in [4.78, 5) is 11.1. The van der Waals surface area contributed by atoms with E-state index in [-0.39, 0.29) is 16.0 Å². The molecule has 0 aromatic heterocycles. The maximum atomic E-state index is 11.1. The Bertz CT molecular complexity index is 512. The van der Waals surface area contributed by atoms with E-state index in [9.17, 15) is 4.79 Å². The zero-order valence-corrected chi connectivity index (χ0v) is 13.4. The third-order valence-corrected chi connectivity index (χ3v) is 4.30. The number of nitrogens with one attached hydrogen (secondary N) is 1. The van der Waals surface area contributed by atoms with Crippen molar-refractivity contribution in [1.29, 1.82) is 0 Å². The second-order valence-electron chi connectivity index (χ2n) is 4.36. The summed E-state index contributed by atoms with van der Waals surface area (Å²) in [7, 11) is 1.26. The van der Waals surface area contributed by atoms with Crippen molar-refractivity contribution in [1.82, 2.24) is 0 Å². The molecule has 110 valence electrons. The maximum absolute atomic E-state index is 11.1. The fourth-order valence-electron chi connectivity index (χ4n) is 1.57. The van der Waals surface area contributed by atoms with Crippen LogP contribution in [0.4, 0.5) is 10.5 Å². The van der Waals surface area contributed by atoms with Crippen molar-refractivity contribution in [2.45, 2.75) is 10.8 Å². The van der Waals surface area contributed by atoms with E-state index >= 15 is 0 Å². The number of rotatable bonds is 4. The molecule has 1 unspecified atom stereocenters.